The normalized spacial score (nSPS) is 13.1. The van der Waals surface area contributed by atoms with E-state index < -0.39 is 0 Å². The van der Waals surface area contributed by atoms with Gasteiger partial charge in [-0.1, -0.05) is 19.6 Å². The summed E-state index contributed by atoms with van der Waals surface area (Å²) in [5.41, 5.74) is 0.714. The molecule has 0 spiro atoms. The molecule has 0 saturated carbocycles. The maximum Gasteiger partial charge on any atom is 0.246 e. The molecule has 0 rings (SSSR count). The molecule has 0 fully saturated rings. The molecule has 102 valence electrons. The molecule has 0 radical (unpaired) electrons. The Morgan fingerprint density at radius 1 is 1.28 bits per heavy atom. The summed E-state index contributed by atoms with van der Waals surface area (Å²) in [7, 11) is 0. The van der Waals surface area contributed by atoms with Crippen molar-refractivity contribution in [1.29, 1.82) is 0 Å². The van der Waals surface area contributed by atoms with Gasteiger partial charge < -0.3 is 10.6 Å². The van der Waals surface area contributed by atoms with Crippen LogP contribution in [0.15, 0.2) is 24.3 Å². The Bertz CT molecular complexity index is 333. The Balaban J connectivity index is 4.08. The van der Waals surface area contributed by atoms with Crippen molar-refractivity contribution in [2.45, 2.75) is 40.2 Å². The van der Waals surface area contributed by atoms with E-state index in [4.69, 9.17) is 0 Å². The van der Waals surface area contributed by atoms with E-state index in [1.165, 1.54) is 6.08 Å². The largest absolute Gasteiger partial charge is 0.352 e. The van der Waals surface area contributed by atoms with Gasteiger partial charge in [-0.3, -0.25) is 9.59 Å². The number of carbonyl (C=O) groups is 2. The van der Waals surface area contributed by atoms with Crippen LogP contribution in [0.1, 0.15) is 34.1 Å². The molecular formula is C14H24N2O2. The van der Waals surface area contributed by atoms with Crippen LogP contribution in [0.2, 0.25) is 0 Å². The zero-order valence-electron chi connectivity index (χ0n) is 11.7. The van der Waals surface area contributed by atoms with Gasteiger partial charge in [-0.05, 0) is 39.2 Å². The lowest BCUT2D eigenvalue weighted by atomic mass is 10.1. The minimum Gasteiger partial charge on any atom is -0.352 e. The molecule has 4 nitrogen and oxygen atoms in total. The third-order valence-corrected chi connectivity index (χ3v) is 2.41. The van der Waals surface area contributed by atoms with Crippen LogP contribution in [0.4, 0.5) is 0 Å². The topological polar surface area (TPSA) is 58.2 Å². The number of rotatable bonds is 7. The fourth-order valence-electron chi connectivity index (χ4n) is 1.28. The van der Waals surface area contributed by atoms with Gasteiger partial charge in [0, 0.05) is 18.2 Å². The lowest BCUT2D eigenvalue weighted by Gasteiger charge is -2.11. The van der Waals surface area contributed by atoms with Crippen molar-refractivity contribution in [2.24, 2.45) is 5.92 Å². The van der Waals surface area contributed by atoms with E-state index in [1.807, 2.05) is 26.8 Å². The molecule has 1 unspecified atom stereocenters. The standard InChI is InChI=1S/C14H24N2O2/c1-6-13(17)15-9-11(4)7-8-12(5)14(18)16-10(2)3/h6,8,10-11H,1,7,9H2,2-5H3,(H,15,17)(H,16,18)/b12-8+. The molecule has 1 atom stereocenters. The Morgan fingerprint density at radius 2 is 1.89 bits per heavy atom. The number of carbonyl (C=O) groups excluding carboxylic acids is 2. The molecule has 0 aliphatic carbocycles. The summed E-state index contributed by atoms with van der Waals surface area (Å²) in [4.78, 5) is 22.6. The number of nitrogens with one attached hydrogen (secondary N) is 2. The predicted molar refractivity (Wildman–Crippen MR) is 74.0 cm³/mol. The second kappa shape index (κ2) is 8.50. The third-order valence-electron chi connectivity index (χ3n) is 2.41. The van der Waals surface area contributed by atoms with E-state index in [-0.39, 0.29) is 23.8 Å². The van der Waals surface area contributed by atoms with E-state index in [0.717, 1.165) is 6.42 Å². The highest BCUT2D eigenvalue weighted by Gasteiger charge is 2.07. The first-order valence-electron chi connectivity index (χ1n) is 6.24. The van der Waals surface area contributed by atoms with Gasteiger partial charge in [0.1, 0.15) is 0 Å². The first-order chi connectivity index (χ1) is 8.36. The zero-order chi connectivity index (χ0) is 14.1. The quantitative estimate of drug-likeness (QED) is 0.679. The van der Waals surface area contributed by atoms with Crippen molar-refractivity contribution in [1.82, 2.24) is 10.6 Å². The molecule has 4 heteroatoms. The van der Waals surface area contributed by atoms with Crippen LogP contribution in [0, 0.1) is 5.92 Å². The number of hydrogen-bond donors (Lipinski definition) is 2. The molecule has 2 amide bonds. The average Bonchev–Trinajstić information content (AvgIpc) is 2.31. The van der Waals surface area contributed by atoms with Crippen LogP contribution in [-0.2, 0) is 9.59 Å². The molecule has 0 aromatic heterocycles. The number of amides is 2. The Labute approximate surface area is 110 Å². The summed E-state index contributed by atoms with van der Waals surface area (Å²) in [6, 6.07) is 0.144. The highest BCUT2D eigenvalue weighted by atomic mass is 16.2. The fourth-order valence-corrected chi connectivity index (χ4v) is 1.28. The summed E-state index contributed by atoms with van der Waals surface area (Å²) >= 11 is 0. The van der Waals surface area contributed by atoms with Gasteiger partial charge in [-0.2, -0.15) is 0 Å². The SMILES string of the molecule is C=CC(=O)NCC(C)C/C=C(\C)C(=O)NC(C)C. The third kappa shape index (κ3) is 7.65. The Morgan fingerprint density at radius 3 is 2.39 bits per heavy atom. The van der Waals surface area contributed by atoms with Gasteiger partial charge in [0.25, 0.3) is 0 Å². The predicted octanol–water partition coefficient (Wildman–Crippen LogP) is 1.79. The Hall–Kier alpha value is -1.58. The van der Waals surface area contributed by atoms with Crippen LogP contribution in [0.25, 0.3) is 0 Å². The minimum absolute atomic E-state index is 0.0349. The minimum atomic E-state index is -0.167. The molecule has 0 saturated heterocycles. The number of allylic oxidation sites excluding steroid dienone is 1. The van der Waals surface area contributed by atoms with Crippen molar-refractivity contribution in [2.75, 3.05) is 6.54 Å². The van der Waals surface area contributed by atoms with E-state index in [2.05, 4.69) is 17.2 Å². The molecule has 0 aromatic rings. The van der Waals surface area contributed by atoms with Crippen molar-refractivity contribution >= 4 is 11.8 Å². The maximum atomic E-state index is 11.6. The molecule has 0 bridgehead atoms. The number of hydrogen-bond acceptors (Lipinski definition) is 2. The van der Waals surface area contributed by atoms with Gasteiger partial charge in [0.15, 0.2) is 0 Å². The first-order valence-corrected chi connectivity index (χ1v) is 6.24. The zero-order valence-corrected chi connectivity index (χ0v) is 11.7. The van der Waals surface area contributed by atoms with E-state index in [1.54, 1.807) is 6.92 Å². The van der Waals surface area contributed by atoms with Crippen molar-refractivity contribution in [3.8, 4) is 0 Å². The summed E-state index contributed by atoms with van der Waals surface area (Å²) < 4.78 is 0. The van der Waals surface area contributed by atoms with E-state index in [0.29, 0.717) is 12.1 Å². The second-order valence-electron chi connectivity index (χ2n) is 4.81. The smallest absolute Gasteiger partial charge is 0.246 e. The van der Waals surface area contributed by atoms with E-state index in [9.17, 15) is 9.59 Å². The van der Waals surface area contributed by atoms with Crippen LogP contribution < -0.4 is 10.6 Å². The monoisotopic (exact) mass is 252 g/mol. The summed E-state index contributed by atoms with van der Waals surface area (Å²) in [6.07, 6.45) is 3.92. The van der Waals surface area contributed by atoms with Crippen molar-refractivity contribution in [3.05, 3.63) is 24.3 Å². The first kappa shape index (κ1) is 16.4. The Kier molecular flexibility index (Phi) is 7.76. The lowest BCUT2D eigenvalue weighted by molar-refractivity contribution is -0.118. The molecule has 0 aliphatic rings. The highest BCUT2D eigenvalue weighted by Crippen LogP contribution is 2.05. The summed E-state index contributed by atoms with van der Waals surface area (Å²) in [5, 5.41) is 5.57. The van der Waals surface area contributed by atoms with Crippen molar-refractivity contribution in [3.63, 3.8) is 0 Å². The molecule has 0 aromatic carbocycles. The lowest BCUT2D eigenvalue weighted by Crippen LogP contribution is -2.30. The van der Waals surface area contributed by atoms with Gasteiger partial charge in [0.05, 0.1) is 0 Å². The molecule has 0 heterocycles. The fraction of sp³-hybridized carbons (Fsp3) is 0.571. The maximum absolute atomic E-state index is 11.6. The van der Waals surface area contributed by atoms with Crippen LogP contribution in [0.5, 0.6) is 0 Å². The van der Waals surface area contributed by atoms with Gasteiger partial charge in [-0.15, -0.1) is 0 Å². The van der Waals surface area contributed by atoms with Crippen LogP contribution in [-0.4, -0.2) is 24.4 Å². The molecule has 2 N–H and O–H groups in total. The highest BCUT2D eigenvalue weighted by molar-refractivity contribution is 5.92. The van der Waals surface area contributed by atoms with Crippen molar-refractivity contribution < 1.29 is 9.59 Å². The van der Waals surface area contributed by atoms with E-state index >= 15 is 0 Å². The van der Waals surface area contributed by atoms with Gasteiger partial charge in [-0.25, -0.2) is 0 Å². The summed E-state index contributed by atoms with van der Waals surface area (Å²) in [5.74, 6) is 0.0862. The summed E-state index contributed by atoms with van der Waals surface area (Å²) in [6.45, 7) is 11.6. The molecule has 18 heavy (non-hydrogen) atoms. The average molecular weight is 252 g/mol. The second-order valence-corrected chi connectivity index (χ2v) is 4.81. The molecule has 0 aliphatic heterocycles. The molecular weight excluding hydrogens is 228 g/mol. The van der Waals surface area contributed by atoms with Crippen LogP contribution in [0.3, 0.4) is 0 Å². The van der Waals surface area contributed by atoms with Crippen LogP contribution >= 0.6 is 0 Å². The van der Waals surface area contributed by atoms with Gasteiger partial charge in [0.2, 0.25) is 11.8 Å². The van der Waals surface area contributed by atoms with Gasteiger partial charge >= 0.3 is 0 Å².